The molecule has 86 valence electrons. The highest BCUT2D eigenvalue weighted by molar-refractivity contribution is 9.10. The Morgan fingerprint density at radius 1 is 1.56 bits per heavy atom. The molecule has 0 bridgehead atoms. The third-order valence-corrected chi connectivity index (χ3v) is 3.55. The molecule has 1 unspecified atom stereocenters. The largest absolute Gasteiger partial charge is 0.390 e. The molecule has 6 heteroatoms. The van der Waals surface area contributed by atoms with Crippen LogP contribution in [0, 0.1) is 11.3 Å². The molecule has 1 aromatic carbocycles. The van der Waals surface area contributed by atoms with Crippen molar-refractivity contribution in [2.45, 2.75) is 6.10 Å². The van der Waals surface area contributed by atoms with Gasteiger partial charge in [0.1, 0.15) is 6.07 Å². The summed E-state index contributed by atoms with van der Waals surface area (Å²) in [6.07, 6.45) is -0.657. The molecule has 0 fully saturated rings. The number of nitriles is 1. The monoisotopic (exact) mass is 322 g/mol. The molecule has 1 aromatic rings. The van der Waals surface area contributed by atoms with Gasteiger partial charge in [-0.2, -0.15) is 5.26 Å². The summed E-state index contributed by atoms with van der Waals surface area (Å²) < 4.78 is 0.661. The second-order valence-electron chi connectivity index (χ2n) is 3.08. The topological polar surface area (TPSA) is 56.0 Å². The van der Waals surface area contributed by atoms with Crippen LogP contribution in [0.2, 0.25) is 5.02 Å². The van der Waals surface area contributed by atoms with Crippen molar-refractivity contribution < 1.29 is 5.11 Å². The van der Waals surface area contributed by atoms with E-state index in [9.17, 15) is 5.11 Å². The van der Waals surface area contributed by atoms with Crippen LogP contribution in [0.25, 0.3) is 0 Å². The molecule has 0 aromatic heterocycles. The highest BCUT2D eigenvalue weighted by Gasteiger charge is 2.11. The summed E-state index contributed by atoms with van der Waals surface area (Å²) >= 11 is 14.6. The molecule has 0 heterocycles. The van der Waals surface area contributed by atoms with Gasteiger partial charge in [-0.1, -0.05) is 11.6 Å². The number of anilines is 1. The zero-order valence-corrected chi connectivity index (χ0v) is 11.3. The Bertz CT molecular complexity index is 420. The Labute approximate surface area is 112 Å². The van der Waals surface area contributed by atoms with Crippen LogP contribution in [0.4, 0.5) is 5.69 Å². The average molecular weight is 324 g/mol. The summed E-state index contributed by atoms with van der Waals surface area (Å²) in [6, 6.07) is 5.46. The lowest BCUT2D eigenvalue weighted by Crippen LogP contribution is -2.21. The van der Waals surface area contributed by atoms with Crippen molar-refractivity contribution in [2.75, 3.05) is 17.7 Å². The van der Waals surface area contributed by atoms with Crippen molar-refractivity contribution in [1.82, 2.24) is 0 Å². The van der Waals surface area contributed by atoms with Gasteiger partial charge in [0.2, 0.25) is 0 Å². The van der Waals surface area contributed by atoms with Gasteiger partial charge >= 0.3 is 0 Å². The number of rotatable bonds is 4. The Hall–Kier alpha value is -0.470. The number of nitrogens with zero attached hydrogens (tertiary/aromatic N) is 1. The second-order valence-corrected chi connectivity index (χ2v) is 4.63. The first kappa shape index (κ1) is 13.6. The Kier molecular flexibility index (Phi) is 5.36. The van der Waals surface area contributed by atoms with Crippen molar-refractivity contribution >= 4 is 44.8 Å². The molecule has 0 saturated heterocycles. The molecule has 0 aliphatic heterocycles. The third kappa shape index (κ3) is 3.26. The van der Waals surface area contributed by atoms with Crippen LogP contribution < -0.4 is 5.32 Å². The summed E-state index contributed by atoms with van der Waals surface area (Å²) in [7, 11) is 0. The van der Waals surface area contributed by atoms with Crippen LogP contribution in [0.3, 0.4) is 0 Å². The van der Waals surface area contributed by atoms with E-state index in [1.54, 1.807) is 12.1 Å². The minimum Gasteiger partial charge on any atom is -0.390 e. The van der Waals surface area contributed by atoms with Crippen molar-refractivity contribution in [3.63, 3.8) is 0 Å². The molecular formula is C10H9BrCl2N2O. The fourth-order valence-electron chi connectivity index (χ4n) is 1.09. The Balaban J connectivity index is 2.89. The lowest BCUT2D eigenvalue weighted by Gasteiger charge is -2.12. The lowest BCUT2D eigenvalue weighted by molar-refractivity contribution is 0.211. The highest BCUT2D eigenvalue weighted by Crippen LogP contribution is 2.31. The van der Waals surface area contributed by atoms with E-state index >= 15 is 0 Å². The predicted octanol–water partition coefficient (Wildman–Crippen LogP) is 2.99. The molecule has 0 spiro atoms. The van der Waals surface area contributed by atoms with Crippen LogP contribution >= 0.6 is 39.1 Å². The zero-order chi connectivity index (χ0) is 12.1. The van der Waals surface area contributed by atoms with E-state index in [1.165, 1.54) is 0 Å². The lowest BCUT2D eigenvalue weighted by atomic mass is 10.2. The molecule has 1 atom stereocenters. The van der Waals surface area contributed by atoms with Gasteiger partial charge in [0.05, 0.1) is 28.3 Å². The summed E-state index contributed by atoms with van der Waals surface area (Å²) in [5.74, 6) is 0.138. The van der Waals surface area contributed by atoms with E-state index in [4.69, 9.17) is 28.5 Å². The summed E-state index contributed by atoms with van der Waals surface area (Å²) in [4.78, 5) is 0. The van der Waals surface area contributed by atoms with E-state index in [1.807, 2.05) is 6.07 Å². The maximum absolute atomic E-state index is 9.29. The molecule has 1 rings (SSSR count). The smallest absolute Gasteiger partial charge is 0.103 e. The summed E-state index contributed by atoms with van der Waals surface area (Å²) in [5.41, 5.74) is 0.928. The number of nitrogens with one attached hydrogen (secondary N) is 1. The van der Waals surface area contributed by atoms with Crippen molar-refractivity contribution in [2.24, 2.45) is 0 Å². The minimum absolute atomic E-state index is 0.138. The maximum Gasteiger partial charge on any atom is 0.103 e. The van der Waals surface area contributed by atoms with Gasteiger partial charge in [0.25, 0.3) is 0 Å². The molecule has 0 aliphatic carbocycles. The van der Waals surface area contributed by atoms with Gasteiger partial charge in [0.15, 0.2) is 0 Å². The van der Waals surface area contributed by atoms with Crippen LogP contribution in [-0.2, 0) is 0 Å². The van der Waals surface area contributed by atoms with E-state index in [-0.39, 0.29) is 12.4 Å². The SMILES string of the molecule is N#Cc1c(NCC(O)CCl)ccc(Br)c1Cl. The first-order valence-electron chi connectivity index (χ1n) is 4.46. The van der Waals surface area contributed by atoms with Crippen molar-refractivity contribution in [3.8, 4) is 6.07 Å². The molecular weight excluding hydrogens is 315 g/mol. The number of hydrogen-bond acceptors (Lipinski definition) is 3. The van der Waals surface area contributed by atoms with Crippen LogP contribution in [0.5, 0.6) is 0 Å². The zero-order valence-electron chi connectivity index (χ0n) is 8.17. The van der Waals surface area contributed by atoms with Gasteiger partial charge in [0, 0.05) is 11.0 Å². The van der Waals surface area contributed by atoms with Crippen LogP contribution in [0.1, 0.15) is 5.56 Å². The molecule has 0 saturated carbocycles. The maximum atomic E-state index is 9.29. The van der Waals surface area contributed by atoms with Crippen molar-refractivity contribution in [1.29, 1.82) is 5.26 Å². The quantitative estimate of drug-likeness (QED) is 0.837. The Morgan fingerprint density at radius 3 is 2.81 bits per heavy atom. The molecule has 16 heavy (non-hydrogen) atoms. The molecule has 0 amide bonds. The van der Waals surface area contributed by atoms with Gasteiger partial charge in [-0.3, -0.25) is 0 Å². The number of alkyl halides is 1. The normalized spacial score (nSPS) is 11.9. The Morgan fingerprint density at radius 2 is 2.25 bits per heavy atom. The van der Waals surface area contributed by atoms with E-state index in [2.05, 4.69) is 21.2 Å². The number of benzene rings is 1. The second kappa shape index (κ2) is 6.31. The van der Waals surface area contributed by atoms with E-state index < -0.39 is 6.10 Å². The fraction of sp³-hybridized carbons (Fsp3) is 0.300. The number of aliphatic hydroxyl groups excluding tert-OH is 1. The van der Waals surface area contributed by atoms with E-state index in [0.717, 1.165) is 0 Å². The van der Waals surface area contributed by atoms with Gasteiger partial charge in [-0.25, -0.2) is 0 Å². The molecule has 3 nitrogen and oxygen atoms in total. The average Bonchev–Trinajstić information content (AvgIpc) is 2.30. The minimum atomic E-state index is -0.657. The number of aliphatic hydroxyl groups is 1. The molecule has 0 aliphatic rings. The molecule has 2 N–H and O–H groups in total. The highest BCUT2D eigenvalue weighted by atomic mass is 79.9. The first-order valence-corrected chi connectivity index (χ1v) is 6.16. The summed E-state index contributed by atoms with van der Waals surface area (Å²) in [6.45, 7) is 0.274. The molecule has 0 radical (unpaired) electrons. The summed E-state index contributed by atoms with van der Waals surface area (Å²) in [5, 5.41) is 21.5. The van der Waals surface area contributed by atoms with Crippen molar-refractivity contribution in [3.05, 3.63) is 27.2 Å². The van der Waals surface area contributed by atoms with Gasteiger partial charge in [-0.05, 0) is 28.1 Å². The standard InChI is InChI=1S/C10H9BrCl2N2O/c11-8-1-2-9(7(4-14)10(8)13)15-5-6(16)3-12/h1-2,6,15-16H,3,5H2. The van der Waals surface area contributed by atoms with E-state index in [0.29, 0.717) is 20.7 Å². The predicted molar refractivity (Wildman–Crippen MR) is 69.1 cm³/mol. The van der Waals surface area contributed by atoms with Gasteiger partial charge < -0.3 is 10.4 Å². The number of halogens is 3. The van der Waals surface area contributed by atoms with Crippen LogP contribution in [-0.4, -0.2) is 23.6 Å². The number of hydrogen-bond donors (Lipinski definition) is 2. The van der Waals surface area contributed by atoms with Gasteiger partial charge in [-0.15, -0.1) is 11.6 Å². The van der Waals surface area contributed by atoms with Crippen LogP contribution in [0.15, 0.2) is 16.6 Å². The third-order valence-electron chi connectivity index (χ3n) is 1.91. The fourth-order valence-corrected chi connectivity index (χ4v) is 1.74. The first-order chi connectivity index (χ1) is 7.60.